The van der Waals surface area contributed by atoms with E-state index in [1.54, 1.807) is 18.2 Å². The van der Waals surface area contributed by atoms with Crippen molar-refractivity contribution in [3.8, 4) is 0 Å². The zero-order chi connectivity index (χ0) is 16.8. The molecule has 0 aliphatic heterocycles. The SMILES string of the molecule is CCCNC(=O)C1CCC(C(=O)Nc2ccc(Cl)c(Cl)c2)CC1. The maximum atomic E-state index is 12.3. The minimum absolute atomic E-state index is 0.0178. The number of hydrogen-bond donors (Lipinski definition) is 2. The van der Waals surface area contributed by atoms with Gasteiger partial charge in [0.25, 0.3) is 0 Å². The van der Waals surface area contributed by atoms with Gasteiger partial charge in [-0.2, -0.15) is 0 Å². The molecule has 1 aliphatic rings. The van der Waals surface area contributed by atoms with Crippen LogP contribution in [-0.4, -0.2) is 18.4 Å². The van der Waals surface area contributed by atoms with Crippen molar-refractivity contribution < 1.29 is 9.59 Å². The molecule has 126 valence electrons. The summed E-state index contributed by atoms with van der Waals surface area (Å²) in [6.07, 6.45) is 3.92. The largest absolute Gasteiger partial charge is 0.356 e. The van der Waals surface area contributed by atoms with Crippen LogP contribution in [0.5, 0.6) is 0 Å². The molecule has 4 nitrogen and oxygen atoms in total. The van der Waals surface area contributed by atoms with E-state index in [4.69, 9.17) is 23.2 Å². The van der Waals surface area contributed by atoms with Crippen molar-refractivity contribution in [2.45, 2.75) is 39.0 Å². The monoisotopic (exact) mass is 356 g/mol. The standard InChI is InChI=1S/C17H22Cl2N2O2/c1-2-9-20-16(22)11-3-5-12(6-4-11)17(23)21-13-7-8-14(18)15(19)10-13/h7-8,10-12H,2-6,9H2,1H3,(H,20,22)(H,21,23). The smallest absolute Gasteiger partial charge is 0.227 e. The van der Waals surface area contributed by atoms with Crippen LogP contribution in [0.4, 0.5) is 5.69 Å². The fraction of sp³-hybridized carbons (Fsp3) is 0.529. The molecule has 0 heterocycles. The van der Waals surface area contributed by atoms with Gasteiger partial charge in [0.2, 0.25) is 11.8 Å². The number of amides is 2. The van der Waals surface area contributed by atoms with Gasteiger partial charge in [0, 0.05) is 24.1 Å². The Labute approximate surface area is 146 Å². The quantitative estimate of drug-likeness (QED) is 0.827. The third kappa shape index (κ3) is 5.11. The maximum Gasteiger partial charge on any atom is 0.227 e. The lowest BCUT2D eigenvalue weighted by Crippen LogP contribution is -2.35. The molecule has 6 heteroatoms. The van der Waals surface area contributed by atoms with Crippen molar-refractivity contribution in [3.63, 3.8) is 0 Å². The lowest BCUT2D eigenvalue weighted by Gasteiger charge is -2.27. The van der Waals surface area contributed by atoms with Crippen LogP contribution in [0.1, 0.15) is 39.0 Å². The van der Waals surface area contributed by atoms with Crippen LogP contribution in [0.2, 0.25) is 10.0 Å². The van der Waals surface area contributed by atoms with Gasteiger partial charge in [0.05, 0.1) is 10.0 Å². The molecular formula is C17H22Cl2N2O2. The fourth-order valence-corrected chi connectivity index (χ4v) is 3.13. The highest BCUT2D eigenvalue weighted by molar-refractivity contribution is 6.42. The summed E-state index contributed by atoms with van der Waals surface area (Å²) in [5.74, 6) is 0.0845. The number of carbonyl (C=O) groups excluding carboxylic acids is 2. The van der Waals surface area contributed by atoms with Gasteiger partial charge in [-0.05, 0) is 50.3 Å². The van der Waals surface area contributed by atoms with Gasteiger partial charge in [-0.25, -0.2) is 0 Å². The minimum atomic E-state index is -0.0559. The Morgan fingerprint density at radius 1 is 1.04 bits per heavy atom. The predicted octanol–water partition coefficient (Wildman–Crippen LogP) is 4.26. The molecule has 2 rings (SSSR count). The molecule has 0 unspecified atom stereocenters. The van der Waals surface area contributed by atoms with Gasteiger partial charge in [-0.3, -0.25) is 9.59 Å². The van der Waals surface area contributed by atoms with E-state index in [0.717, 1.165) is 38.6 Å². The van der Waals surface area contributed by atoms with Crippen molar-refractivity contribution in [1.29, 1.82) is 0 Å². The van der Waals surface area contributed by atoms with E-state index in [2.05, 4.69) is 10.6 Å². The third-order valence-electron chi connectivity index (χ3n) is 4.21. The molecular weight excluding hydrogens is 335 g/mol. The van der Waals surface area contributed by atoms with Gasteiger partial charge >= 0.3 is 0 Å². The normalized spacial score (nSPS) is 20.8. The Kier molecular flexibility index (Phi) is 6.72. The first-order valence-electron chi connectivity index (χ1n) is 8.05. The average Bonchev–Trinajstić information content (AvgIpc) is 2.56. The second-order valence-corrected chi connectivity index (χ2v) is 6.77. The summed E-state index contributed by atoms with van der Waals surface area (Å²) >= 11 is 11.8. The lowest BCUT2D eigenvalue weighted by molar-refractivity contribution is -0.128. The summed E-state index contributed by atoms with van der Waals surface area (Å²) in [6, 6.07) is 5.04. The molecule has 0 radical (unpaired) electrons. The van der Waals surface area contributed by atoms with Crippen LogP contribution < -0.4 is 10.6 Å². The van der Waals surface area contributed by atoms with Crippen molar-refractivity contribution in [3.05, 3.63) is 28.2 Å². The number of anilines is 1. The van der Waals surface area contributed by atoms with Crippen LogP contribution in [-0.2, 0) is 9.59 Å². The molecule has 2 N–H and O–H groups in total. The number of benzene rings is 1. The minimum Gasteiger partial charge on any atom is -0.356 e. The van der Waals surface area contributed by atoms with Crippen molar-refractivity contribution in [1.82, 2.24) is 5.32 Å². The number of hydrogen-bond acceptors (Lipinski definition) is 2. The Bertz CT molecular complexity index is 570. The highest BCUT2D eigenvalue weighted by atomic mass is 35.5. The van der Waals surface area contributed by atoms with E-state index >= 15 is 0 Å². The number of carbonyl (C=O) groups is 2. The molecule has 0 aromatic heterocycles. The van der Waals surface area contributed by atoms with E-state index in [1.807, 2.05) is 6.92 Å². The Balaban J connectivity index is 1.83. The van der Waals surface area contributed by atoms with Crippen LogP contribution in [0.25, 0.3) is 0 Å². The summed E-state index contributed by atoms with van der Waals surface area (Å²) in [5.41, 5.74) is 0.646. The van der Waals surface area contributed by atoms with E-state index in [-0.39, 0.29) is 23.7 Å². The van der Waals surface area contributed by atoms with Gasteiger partial charge in [0.1, 0.15) is 0 Å². The molecule has 1 aromatic rings. The lowest BCUT2D eigenvalue weighted by atomic mass is 9.81. The molecule has 0 saturated heterocycles. The second-order valence-electron chi connectivity index (χ2n) is 5.96. The first kappa shape index (κ1) is 18.1. The Morgan fingerprint density at radius 3 is 2.22 bits per heavy atom. The molecule has 2 amide bonds. The molecule has 1 fully saturated rings. The summed E-state index contributed by atoms with van der Waals surface area (Å²) in [5, 5.41) is 6.68. The zero-order valence-corrected chi connectivity index (χ0v) is 14.7. The highest BCUT2D eigenvalue weighted by Crippen LogP contribution is 2.31. The number of nitrogens with one attached hydrogen (secondary N) is 2. The topological polar surface area (TPSA) is 58.2 Å². The first-order chi connectivity index (χ1) is 11.0. The second kappa shape index (κ2) is 8.55. The highest BCUT2D eigenvalue weighted by Gasteiger charge is 2.29. The molecule has 0 spiro atoms. The Morgan fingerprint density at radius 2 is 1.65 bits per heavy atom. The molecule has 23 heavy (non-hydrogen) atoms. The van der Waals surface area contributed by atoms with Crippen LogP contribution in [0.3, 0.4) is 0 Å². The third-order valence-corrected chi connectivity index (χ3v) is 4.94. The van der Waals surface area contributed by atoms with Crippen molar-refractivity contribution in [2.24, 2.45) is 11.8 Å². The van der Waals surface area contributed by atoms with Crippen LogP contribution in [0, 0.1) is 11.8 Å². The molecule has 0 bridgehead atoms. The van der Waals surface area contributed by atoms with Crippen LogP contribution in [0.15, 0.2) is 18.2 Å². The predicted molar refractivity (Wildman–Crippen MR) is 93.8 cm³/mol. The number of rotatable bonds is 5. The summed E-state index contributed by atoms with van der Waals surface area (Å²) in [6.45, 7) is 2.75. The van der Waals surface area contributed by atoms with E-state index < -0.39 is 0 Å². The molecule has 1 saturated carbocycles. The maximum absolute atomic E-state index is 12.3. The molecule has 0 atom stereocenters. The summed E-state index contributed by atoms with van der Waals surface area (Å²) in [7, 11) is 0. The fourth-order valence-electron chi connectivity index (χ4n) is 2.83. The number of halogens is 2. The van der Waals surface area contributed by atoms with Gasteiger partial charge < -0.3 is 10.6 Å². The van der Waals surface area contributed by atoms with Crippen LogP contribution >= 0.6 is 23.2 Å². The Hall–Kier alpha value is -1.26. The van der Waals surface area contributed by atoms with E-state index in [9.17, 15) is 9.59 Å². The zero-order valence-electron chi connectivity index (χ0n) is 13.2. The van der Waals surface area contributed by atoms with E-state index in [1.165, 1.54) is 0 Å². The first-order valence-corrected chi connectivity index (χ1v) is 8.80. The van der Waals surface area contributed by atoms with Crippen molar-refractivity contribution in [2.75, 3.05) is 11.9 Å². The van der Waals surface area contributed by atoms with Gasteiger partial charge in [0.15, 0.2) is 0 Å². The summed E-state index contributed by atoms with van der Waals surface area (Å²) < 4.78 is 0. The summed E-state index contributed by atoms with van der Waals surface area (Å²) in [4.78, 5) is 24.3. The van der Waals surface area contributed by atoms with E-state index in [0.29, 0.717) is 15.7 Å². The molecule has 1 aliphatic carbocycles. The van der Waals surface area contributed by atoms with Gasteiger partial charge in [-0.15, -0.1) is 0 Å². The average molecular weight is 357 g/mol. The van der Waals surface area contributed by atoms with Crippen molar-refractivity contribution >= 4 is 40.7 Å². The van der Waals surface area contributed by atoms with Gasteiger partial charge in [-0.1, -0.05) is 30.1 Å². The molecule has 1 aromatic carbocycles.